The van der Waals surface area contributed by atoms with Crippen molar-refractivity contribution in [2.75, 3.05) is 0 Å². The van der Waals surface area contributed by atoms with Crippen LogP contribution in [0.3, 0.4) is 0 Å². The summed E-state index contributed by atoms with van der Waals surface area (Å²) >= 11 is 0. The van der Waals surface area contributed by atoms with Crippen molar-refractivity contribution in [1.82, 2.24) is 0 Å². The maximum Gasteiger partial charge on any atom is -0.00268 e. The van der Waals surface area contributed by atoms with Gasteiger partial charge in [-0.3, -0.25) is 0 Å². The minimum Gasteiger partial charge on any atom is -0.0988 e. The lowest BCUT2D eigenvalue weighted by molar-refractivity contribution is 1.58. The molecule has 0 heterocycles. The molecule has 0 aliphatic heterocycles. The second-order valence-electron chi connectivity index (χ2n) is 6.95. The molecule has 0 atom stereocenters. The van der Waals surface area contributed by atoms with Crippen LogP contribution in [0.5, 0.6) is 0 Å². The van der Waals surface area contributed by atoms with Gasteiger partial charge in [-0.05, 0) is 44.8 Å². The Morgan fingerprint density at radius 2 is 0.966 bits per heavy atom. The minimum absolute atomic E-state index is 1.02. The van der Waals surface area contributed by atoms with E-state index in [1.807, 2.05) is 43.3 Å². The van der Waals surface area contributed by atoms with Crippen LogP contribution in [0.1, 0.15) is 12.5 Å². The average molecular weight is 375 g/mol. The predicted molar refractivity (Wildman–Crippen MR) is 132 cm³/mol. The molecule has 0 aromatic heterocycles. The SMILES string of the molecule is C=CC(=C)C.C=Cc1ccccc1.c1cc2ccc3cccc4ccc(c1)c2c34. The molecule has 0 heteroatoms. The molecule has 5 aromatic carbocycles. The van der Waals surface area contributed by atoms with E-state index < -0.39 is 0 Å². The Morgan fingerprint density at radius 1 is 0.586 bits per heavy atom. The van der Waals surface area contributed by atoms with Gasteiger partial charge in [0.05, 0.1) is 0 Å². The first kappa shape index (κ1) is 20.1. The van der Waals surface area contributed by atoms with Crippen LogP contribution in [-0.2, 0) is 0 Å². The third-order valence-corrected chi connectivity index (χ3v) is 4.78. The first-order chi connectivity index (χ1) is 14.1. The summed E-state index contributed by atoms with van der Waals surface area (Å²) in [6.45, 7) is 12.6. The molecule has 0 saturated heterocycles. The molecule has 0 bridgehead atoms. The fraction of sp³-hybridized carbons (Fsp3) is 0.0345. The van der Waals surface area contributed by atoms with E-state index in [2.05, 4.69) is 80.4 Å². The maximum absolute atomic E-state index is 3.63. The first-order valence-corrected chi connectivity index (χ1v) is 9.72. The van der Waals surface area contributed by atoms with Crippen molar-refractivity contribution in [3.63, 3.8) is 0 Å². The highest BCUT2D eigenvalue weighted by Gasteiger charge is 2.05. The van der Waals surface area contributed by atoms with Crippen LogP contribution in [0.4, 0.5) is 0 Å². The first-order valence-electron chi connectivity index (χ1n) is 9.72. The zero-order chi connectivity index (χ0) is 20.6. The molecule has 0 unspecified atom stereocenters. The minimum atomic E-state index is 1.02. The standard InChI is InChI=1S/C16H10.C8H8.C5H8/c1-3-11-7-9-13-5-2-6-14-10-8-12(4-1)15(11)16(13)14;1-2-8-6-4-3-5-7-8;1-4-5(2)3/h1-10H;2-7H,1H2;4H,1-2H2,3H3. The molecule has 0 fully saturated rings. The van der Waals surface area contributed by atoms with Crippen LogP contribution in [0.15, 0.2) is 122 Å². The Kier molecular flexibility index (Phi) is 6.60. The molecule has 0 nitrogen and oxygen atoms in total. The summed E-state index contributed by atoms with van der Waals surface area (Å²) in [7, 11) is 0. The van der Waals surface area contributed by atoms with Gasteiger partial charge >= 0.3 is 0 Å². The molecular weight excluding hydrogens is 348 g/mol. The Morgan fingerprint density at radius 3 is 1.24 bits per heavy atom. The van der Waals surface area contributed by atoms with Crippen molar-refractivity contribution in [2.45, 2.75) is 6.92 Å². The van der Waals surface area contributed by atoms with E-state index in [0.717, 1.165) is 5.57 Å². The lowest BCUT2D eigenvalue weighted by Gasteiger charge is -2.09. The van der Waals surface area contributed by atoms with Crippen LogP contribution in [-0.4, -0.2) is 0 Å². The molecule has 0 spiro atoms. The molecule has 0 aliphatic rings. The number of hydrogen-bond donors (Lipinski definition) is 0. The van der Waals surface area contributed by atoms with Crippen LogP contribution >= 0.6 is 0 Å². The smallest absolute Gasteiger partial charge is 0.00268 e. The number of allylic oxidation sites excluding steroid dienone is 2. The van der Waals surface area contributed by atoms with E-state index in [9.17, 15) is 0 Å². The largest absolute Gasteiger partial charge is 0.0988 e. The van der Waals surface area contributed by atoms with E-state index in [1.54, 1.807) is 6.08 Å². The third kappa shape index (κ3) is 4.80. The highest BCUT2D eigenvalue weighted by molar-refractivity contribution is 6.22. The van der Waals surface area contributed by atoms with Gasteiger partial charge in [-0.15, -0.1) is 0 Å². The molecule has 142 valence electrons. The highest BCUT2D eigenvalue weighted by atomic mass is 14.1. The summed E-state index contributed by atoms with van der Waals surface area (Å²) in [5.41, 5.74) is 2.19. The van der Waals surface area contributed by atoms with Gasteiger partial charge in [0.15, 0.2) is 0 Å². The normalized spacial score (nSPS) is 9.97. The fourth-order valence-corrected chi connectivity index (χ4v) is 3.26. The lowest BCUT2D eigenvalue weighted by atomic mass is 9.95. The molecule has 0 saturated carbocycles. The molecular formula is C29H26. The molecule has 5 rings (SSSR count). The monoisotopic (exact) mass is 374 g/mol. The van der Waals surface area contributed by atoms with E-state index in [1.165, 1.54) is 37.9 Å². The Hall–Kier alpha value is -3.64. The zero-order valence-electron chi connectivity index (χ0n) is 16.9. The van der Waals surface area contributed by atoms with E-state index in [0.29, 0.717) is 0 Å². The summed E-state index contributed by atoms with van der Waals surface area (Å²) in [4.78, 5) is 0. The Bertz CT molecular complexity index is 1110. The molecule has 0 amide bonds. The molecule has 29 heavy (non-hydrogen) atoms. The summed E-state index contributed by atoms with van der Waals surface area (Å²) in [5, 5.41) is 8.14. The summed E-state index contributed by atoms with van der Waals surface area (Å²) < 4.78 is 0. The average Bonchev–Trinajstić information content (AvgIpc) is 2.79. The molecule has 0 aliphatic carbocycles. The third-order valence-electron chi connectivity index (χ3n) is 4.78. The second kappa shape index (κ2) is 9.52. The second-order valence-corrected chi connectivity index (χ2v) is 6.95. The number of hydrogen-bond acceptors (Lipinski definition) is 0. The summed E-state index contributed by atoms with van der Waals surface area (Å²) in [6, 6.07) is 31.9. The van der Waals surface area contributed by atoms with Gasteiger partial charge in [0.2, 0.25) is 0 Å². The van der Waals surface area contributed by atoms with Crippen LogP contribution < -0.4 is 0 Å². The zero-order valence-corrected chi connectivity index (χ0v) is 16.9. The van der Waals surface area contributed by atoms with Crippen molar-refractivity contribution in [3.05, 3.63) is 128 Å². The summed E-state index contributed by atoms with van der Waals surface area (Å²) in [6.07, 6.45) is 3.56. The fourth-order valence-electron chi connectivity index (χ4n) is 3.26. The molecule has 0 N–H and O–H groups in total. The number of rotatable bonds is 2. The summed E-state index contributed by atoms with van der Waals surface area (Å²) in [5.74, 6) is 0. The van der Waals surface area contributed by atoms with Gasteiger partial charge in [-0.1, -0.05) is 128 Å². The van der Waals surface area contributed by atoms with Crippen LogP contribution in [0.2, 0.25) is 0 Å². The van der Waals surface area contributed by atoms with Gasteiger partial charge < -0.3 is 0 Å². The van der Waals surface area contributed by atoms with Crippen molar-refractivity contribution < 1.29 is 0 Å². The van der Waals surface area contributed by atoms with Gasteiger partial charge in [-0.25, -0.2) is 0 Å². The maximum atomic E-state index is 3.63. The van der Waals surface area contributed by atoms with Gasteiger partial charge in [0.1, 0.15) is 0 Å². The molecule has 5 aromatic rings. The van der Waals surface area contributed by atoms with Gasteiger partial charge in [-0.2, -0.15) is 0 Å². The van der Waals surface area contributed by atoms with Crippen molar-refractivity contribution in [1.29, 1.82) is 0 Å². The van der Waals surface area contributed by atoms with Gasteiger partial charge in [0.25, 0.3) is 0 Å². The van der Waals surface area contributed by atoms with Crippen molar-refractivity contribution in [3.8, 4) is 0 Å². The van der Waals surface area contributed by atoms with Crippen LogP contribution in [0.25, 0.3) is 38.4 Å². The quantitative estimate of drug-likeness (QED) is 0.214. The lowest BCUT2D eigenvalue weighted by Crippen LogP contribution is -1.82. The number of benzene rings is 5. The predicted octanol–water partition coefficient (Wildman–Crippen LogP) is 8.66. The topological polar surface area (TPSA) is 0 Å². The Labute approximate surface area is 173 Å². The van der Waals surface area contributed by atoms with Crippen molar-refractivity contribution >= 4 is 38.4 Å². The van der Waals surface area contributed by atoms with E-state index in [4.69, 9.17) is 0 Å². The van der Waals surface area contributed by atoms with Gasteiger partial charge in [0, 0.05) is 0 Å². The molecule has 0 radical (unpaired) electrons. The Balaban J connectivity index is 0.000000156. The highest BCUT2D eigenvalue weighted by Crippen LogP contribution is 2.33. The van der Waals surface area contributed by atoms with E-state index >= 15 is 0 Å². The van der Waals surface area contributed by atoms with Crippen LogP contribution in [0, 0.1) is 0 Å². The van der Waals surface area contributed by atoms with E-state index in [-0.39, 0.29) is 0 Å². The van der Waals surface area contributed by atoms with Crippen molar-refractivity contribution in [2.24, 2.45) is 0 Å².